The average Bonchev–Trinajstić information content (AvgIpc) is 2.76. The number of hydrogen-bond acceptors (Lipinski definition) is 5. The summed E-state index contributed by atoms with van der Waals surface area (Å²) in [6.07, 6.45) is -2.45. The van der Waals surface area contributed by atoms with E-state index in [0.717, 1.165) is 61.4 Å². The molecule has 0 saturated carbocycles. The Balaban J connectivity index is 1.80. The molecule has 3 N–H and O–H groups in total. The summed E-state index contributed by atoms with van der Waals surface area (Å²) in [4.78, 5) is 6.75. The summed E-state index contributed by atoms with van der Waals surface area (Å²) >= 11 is 0. The number of allylic oxidation sites excluding steroid dienone is 2. The van der Waals surface area contributed by atoms with Gasteiger partial charge in [0.2, 0.25) is 0 Å². The second kappa shape index (κ2) is 8.63. The van der Waals surface area contributed by atoms with E-state index in [2.05, 4.69) is 25.8 Å². The molecule has 0 unspecified atom stereocenters. The van der Waals surface area contributed by atoms with E-state index in [-0.39, 0.29) is 5.56 Å². The highest BCUT2D eigenvalue weighted by atomic mass is 19.4. The lowest BCUT2D eigenvalue weighted by atomic mass is 10.0. The number of nitrogens with zero attached hydrogens (tertiary/aromatic N) is 2. The lowest BCUT2D eigenvalue weighted by Gasteiger charge is -2.29. The largest absolute Gasteiger partial charge is 0.417 e. The Morgan fingerprint density at radius 3 is 2.55 bits per heavy atom. The molecule has 31 heavy (non-hydrogen) atoms. The topological polar surface area (TPSA) is 52.2 Å². The molecule has 2 aliphatic rings. The Morgan fingerprint density at radius 2 is 1.81 bits per heavy atom. The molecule has 4 rings (SSSR count). The van der Waals surface area contributed by atoms with Crippen LogP contribution < -0.4 is 20.9 Å². The van der Waals surface area contributed by atoms with Gasteiger partial charge in [0.15, 0.2) is 0 Å². The van der Waals surface area contributed by atoms with Crippen molar-refractivity contribution in [3.8, 4) is 11.3 Å². The summed E-state index contributed by atoms with van der Waals surface area (Å²) in [6, 6.07) is 9.21. The zero-order chi connectivity index (χ0) is 22.0. The van der Waals surface area contributed by atoms with Crippen LogP contribution in [0, 0.1) is 0 Å². The van der Waals surface area contributed by atoms with Gasteiger partial charge in [-0.1, -0.05) is 18.2 Å². The van der Waals surface area contributed by atoms with E-state index in [0.29, 0.717) is 11.5 Å². The van der Waals surface area contributed by atoms with Gasteiger partial charge in [0.05, 0.1) is 11.3 Å². The lowest BCUT2D eigenvalue weighted by molar-refractivity contribution is -0.137. The molecule has 1 aromatic carbocycles. The molecule has 0 aliphatic carbocycles. The van der Waals surface area contributed by atoms with Crippen LogP contribution in [0.5, 0.6) is 0 Å². The molecule has 0 atom stereocenters. The number of rotatable bonds is 4. The Labute approximate surface area is 180 Å². The normalized spacial score (nSPS) is 17.3. The third-order valence-corrected chi connectivity index (χ3v) is 5.49. The van der Waals surface area contributed by atoms with Gasteiger partial charge in [-0.05, 0) is 37.6 Å². The van der Waals surface area contributed by atoms with Crippen LogP contribution in [0.1, 0.15) is 19.4 Å². The third-order valence-electron chi connectivity index (χ3n) is 5.49. The number of halogens is 3. The molecule has 3 heterocycles. The fourth-order valence-electron chi connectivity index (χ4n) is 3.79. The highest BCUT2D eigenvalue weighted by Gasteiger charge is 2.34. The van der Waals surface area contributed by atoms with Gasteiger partial charge in [-0.15, -0.1) is 0 Å². The number of nitrogens with one attached hydrogen (secondary N) is 3. The summed E-state index contributed by atoms with van der Waals surface area (Å²) in [5, 5.41) is 9.99. The molecular formula is C23H26F3N5. The van der Waals surface area contributed by atoms with Gasteiger partial charge >= 0.3 is 6.18 Å². The number of pyridine rings is 1. The maximum atomic E-state index is 13.7. The second-order valence-electron chi connectivity index (χ2n) is 7.88. The summed E-state index contributed by atoms with van der Waals surface area (Å²) in [7, 11) is 0. The van der Waals surface area contributed by atoms with Crippen LogP contribution >= 0.6 is 0 Å². The Morgan fingerprint density at radius 1 is 1.06 bits per heavy atom. The molecule has 0 amide bonds. The number of anilines is 2. The lowest BCUT2D eigenvalue weighted by Crippen LogP contribution is -2.43. The van der Waals surface area contributed by atoms with Crippen molar-refractivity contribution in [2.45, 2.75) is 20.0 Å². The molecule has 0 radical (unpaired) electrons. The predicted molar refractivity (Wildman–Crippen MR) is 118 cm³/mol. The molecule has 1 fully saturated rings. The monoisotopic (exact) mass is 429 g/mol. The average molecular weight is 429 g/mol. The van der Waals surface area contributed by atoms with Gasteiger partial charge in [-0.2, -0.15) is 13.2 Å². The Kier molecular flexibility index (Phi) is 5.91. The van der Waals surface area contributed by atoms with Crippen molar-refractivity contribution >= 4 is 11.5 Å². The van der Waals surface area contributed by atoms with Crippen molar-refractivity contribution in [2.24, 2.45) is 0 Å². The van der Waals surface area contributed by atoms with Crippen LogP contribution in [0.3, 0.4) is 0 Å². The number of hydrogen-bond donors (Lipinski definition) is 3. The summed E-state index contributed by atoms with van der Waals surface area (Å²) in [6.45, 7) is 7.86. The number of alkyl halides is 3. The zero-order valence-electron chi connectivity index (χ0n) is 17.6. The quantitative estimate of drug-likeness (QED) is 0.674. The summed E-state index contributed by atoms with van der Waals surface area (Å²) < 4.78 is 41.0. The van der Waals surface area contributed by atoms with Crippen LogP contribution in [0.2, 0.25) is 0 Å². The minimum atomic E-state index is -4.45. The van der Waals surface area contributed by atoms with E-state index >= 15 is 0 Å². The molecule has 1 saturated heterocycles. The van der Waals surface area contributed by atoms with Gasteiger partial charge in [0, 0.05) is 61.4 Å². The second-order valence-corrected chi connectivity index (χ2v) is 7.88. The van der Waals surface area contributed by atoms with Crippen molar-refractivity contribution in [1.82, 2.24) is 15.6 Å². The molecule has 2 aromatic rings. The van der Waals surface area contributed by atoms with Gasteiger partial charge < -0.3 is 20.9 Å². The van der Waals surface area contributed by atoms with Crippen LogP contribution in [-0.2, 0) is 6.18 Å². The van der Waals surface area contributed by atoms with Crippen molar-refractivity contribution in [2.75, 3.05) is 42.9 Å². The first-order chi connectivity index (χ1) is 14.8. The van der Waals surface area contributed by atoms with Crippen molar-refractivity contribution in [3.05, 3.63) is 65.0 Å². The Hall–Kier alpha value is -3.00. The smallest absolute Gasteiger partial charge is 0.385 e. The minimum absolute atomic E-state index is 0.0813. The highest BCUT2D eigenvalue weighted by molar-refractivity contribution is 5.72. The van der Waals surface area contributed by atoms with Crippen LogP contribution in [0.15, 0.2) is 59.4 Å². The number of dihydropyridines is 1. The van der Waals surface area contributed by atoms with E-state index in [4.69, 9.17) is 0 Å². The van der Waals surface area contributed by atoms with E-state index in [1.165, 1.54) is 12.1 Å². The van der Waals surface area contributed by atoms with E-state index in [9.17, 15) is 13.2 Å². The highest BCUT2D eigenvalue weighted by Crippen LogP contribution is 2.38. The minimum Gasteiger partial charge on any atom is -0.385 e. The van der Waals surface area contributed by atoms with E-state index < -0.39 is 11.7 Å². The maximum Gasteiger partial charge on any atom is 0.417 e. The standard InChI is InChI=1S/C23H26F3N5/c1-15-14-28-16(2)11-20(15)29-17-12-21(18-5-3-4-6-19(18)23(24,25)26)30-22(13-17)31-9-7-27-8-10-31/h3-6,11-13,27-28H,7-10,14H2,1-2H3,(H,29,30). The number of aromatic nitrogens is 1. The first-order valence-corrected chi connectivity index (χ1v) is 10.3. The number of piperazine rings is 1. The van der Waals surface area contributed by atoms with Gasteiger partial charge in [-0.3, -0.25) is 0 Å². The SMILES string of the molecule is CC1=CC(Nc2cc(-c3ccccc3C(F)(F)F)nc(N3CCNCC3)c2)=C(C)CN1. The van der Waals surface area contributed by atoms with Gasteiger partial charge in [-0.25, -0.2) is 4.98 Å². The predicted octanol–water partition coefficient (Wildman–Crippen LogP) is 4.37. The molecule has 5 nitrogen and oxygen atoms in total. The molecule has 1 aromatic heterocycles. The fourth-order valence-corrected chi connectivity index (χ4v) is 3.79. The van der Waals surface area contributed by atoms with E-state index in [1.54, 1.807) is 12.1 Å². The van der Waals surface area contributed by atoms with Gasteiger partial charge in [0.1, 0.15) is 5.82 Å². The van der Waals surface area contributed by atoms with Crippen molar-refractivity contribution in [1.29, 1.82) is 0 Å². The summed E-state index contributed by atoms with van der Waals surface area (Å²) in [5.74, 6) is 0.673. The first kappa shape index (κ1) is 21.2. The van der Waals surface area contributed by atoms with Crippen LogP contribution in [0.25, 0.3) is 11.3 Å². The summed E-state index contributed by atoms with van der Waals surface area (Å²) in [5.41, 5.74) is 3.53. The molecular weight excluding hydrogens is 403 g/mol. The zero-order valence-corrected chi connectivity index (χ0v) is 17.6. The third kappa shape index (κ3) is 4.85. The van der Waals surface area contributed by atoms with Crippen molar-refractivity contribution < 1.29 is 13.2 Å². The maximum absolute atomic E-state index is 13.7. The molecule has 8 heteroatoms. The molecule has 2 aliphatic heterocycles. The van der Waals surface area contributed by atoms with Crippen LogP contribution in [-0.4, -0.2) is 37.7 Å². The van der Waals surface area contributed by atoms with E-state index in [1.807, 2.05) is 26.0 Å². The molecule has 164 valence electrons. The molecule has 0 spiro atoms. The first-order valence-electron chi connectivity index (χ1n) is 10.3. The number of benzene rings is 1. The fraction of sp³-hybridized carbons (Fsp3) is 0.348. The van der Waals surface area contributed by atoms with Gasteiger partial charge in [0.25, 0.3) is 0 Å². The van der Waals surface area contributed by atoms with Crippen LogP contribution in [0.4, 0.5) is 24.7 Å². The molecule has 0 bridgehead atoms. The van der Waals surface area contributed by atoms with Crippen molar-refractivity contribution in [3.63, 3.8) is 0 Å². The Bertz CT molecular complexity index is 1020.